The standard InChI is InChI=1S/C19H12BrF3N2O3S/c1-28-15-6-5-10(8-14(15)20)7-13-16(26)24-18(29)25(17(13)27)12-4-2-3-11(9-12)19(21,22)23/h2-9H,1H3,(H,24,26,29)/b13-7+. The van der Waals surface area contributed by atoms with Gasteiger partial charge in [-0.25, -0.2) is 0 Å². The number of nitrogens with zero attached hydrogens (tertiary/aromatic N) is 1. The molecule has 2 aromatic rings. The van der Waals surface area contributed by atoms with Gasteiger partial charge in [0.25, 0.3) is 11.8 Å². The lowest BCUT2D eigenvalue weighted by atomic mass is 10.1. The van der Waals surface area contributed by atoms with Crippen LogP contribution in [0.1, 0.15) is 11.1 Å². The number of anilines is 1. The highest BCUT2D eigenvalue weighted by atomic mass is 79.9. The number of carbonyl (C=O) groups is 2. The average Bonchev–Trinajstić information content (AvgIpc) is 2.65. The molecular formula is C19H12BrF3N2O3S. The van der Waals surface area contributed by atoms with Gasteiger partial charge in [-0.2, -0.15) is 13.2 Å². The van der Waals surface area contributed by atoms with Crippen LogP contribution in [0.15, 0.2) is 52.5 Å². The normalized spacial score (nSPS) is 16.2. The Hall–Kier alpha value is -2.72. The molecule has 1 N–H and O–H groups in total. The summed E-state index contributed by atoms with van der Waals surface area (Å²) < 4.78 is 44.8. The van der Waals surface area contributed by atoms with Crippen molar-refractivity contribution in [1.29, 1.82) is 0 Å². The molecule has 1 saturated heterocycles. The van der Waals surface area contributed by atoms with E-state index in [0.29, 0.717) is 15.8 Å². The monoisotopic (exact) mass is 484 g/mol. The summed E-state index contributed by atoms with van der Waals surface area (Å²) in [7, 11) is 1.49. The fraction of sp³-hybridized carbons (Fsp3) is 0.105. The van der Waals surface area contributed by atoms with E-state index in [1.807, 2.05) is 0 Å². The second-order valence-corrected chi connectivity index (χ2v) is 7.14. The van der Waals surface area contributed by atoms with Gasteiger partial charge in [-0.05, 0) is 70.1 Å². The third-order valence-electron chi connectivity index (χ3n) is 4.02. The summed E-state index contributed by atoms with van der Waals surface area (Å²) in [5.74, 6) is -1.02. The summed E-state index contributed by atoms with van der Waals surface area (Å²) in [6.07, 6.45) is -3.27. The third kappa shape index (κ3) is 4.33. The van der Waals surface area contributed by atoms with E-state index in [1.165, 1.54) is 19.3 Å². The molecule has 0 saturated carbocycles. The number of ether oxygens (including phenoxy) is 1. The lowest BCUT2D eigenvalue weighted by Crippen LogP contribution is -2.54. The second-order valence-electron chi connectivity index (χ2n) is 5.90. The van der Waals surface area contributed by atoms with Crippen LogP contribution in [0, 0.1) is 0 Å². The summed E-state index contributed by atoms with van der Waals surface area (Å²) in [6.45, 7) is 0. The molecule has 1 fully saturated rings. The summed E-state index contributed by atoms with van der Waals surface area (Å²) in [4.78, 5) is 26.1. The molecule has 3 rings (SSSR count). The van der Waals surface area contributed by atoms with Crippen LogP contribution in [0.2, 0.25) is 0 Å². The van der Waals surface area contributed by atoms with Crippen LogP contribution in [0.3, 0.4) is 0 Å². The first kappa shape index (κ1) is 21.0. The van der Waals surface area contributed by atoms with Crippen molar-refractivity contribution < 1.29 is 27.5 Å². The van der Waals surface area contributed by atoms with Crippen molar-refractivity contribution in [1.82, 2.24) is 5.32 Å². The molecule has 0 spiro atoms. The molecule has 5 nitrogen and oxygen atoms in total. The molecule has 1 aliphatic rings. The minimum Gasteiger partial charge on any atom is -0.496 e. The highest BCUT2D eigenvalue weighted by molar-refractivity contribution is 9.10. The van der Waals surface area contributed by atoms with Crippen LogP contribution in [0.25, 0.3) is 6.08 Å². The molecule has 150 valence electrons. The predicted octanol–water partition coefficient (Wildman–Crippen LogP) is 4.31. The SMILES string of the molecule is COc1ccc(/C=C2\C(=O)NC(=S)N(c3cccc(C(F)(F)F)c3)C2=O)cc1Br. The zero-order valence-electron chi connectivity index (χ0n) is 14.7. The van der Waals surface area contributed by atoms with E-state index in [9.17, 15) is 22.8 Å². The number of methoxy groups -OCH3 is 1. The second kappa shape index (κ2) is 7.96. The molecule has 10 heteroatoms. The summed E-state index contributed by atoms with van der Waals surface area (Å²) in [5, 5.41) is 2.04. The Morgan fingerprint density at radius 1 is 1.17 bits per heavy atom. The molecule has 29 heavy (non-hydrogen) atoms. The molecular weight excluding hydrogens is 473 g/mol. The molecule has 2 amide bonds. The van der Waals surface area contributed by atoms with E-state index in [2.05, 4.69) is 21.2 Å². The van der Waals surface area contributed by atoms with E-state index in [-0.39, 0.29) is 16.4 Å². The number of thiocarbonyl (C=S) groups is 1. The molecule has 1 heterocycles. The zero-order valence-corrected chi connectivity index (χ0v) is 17.1. The topological polar surface area (TPSA) is 58.6 Å². The minimum absolute atomic E-state index is 0.100. The molecule has 2 aromatic carbocycles. The van der Waals surface area contributed by atoms with E-state index in [4.69, 9.17) is 17.0 Å². The van der Waals surface area contributed by atoms with Crippen LogP contribution in [0.4, 0.5) is 18.9 Å². The third-order valence-corrected chi connectivity index (χ3v) is 4.92. The smallest absolute Gasteiger partial charge is 0.416 e. The van der Waals surface area contributed by atoms with Crippen LogP contribution >= 0.6 is 28.1 Å². The summed E-state index contributed by atoms with van der Waals surface area (Å²) >= 11 is 8.32. The fourth-order valence-corrected chi connectivity index (χ4v) is 3.49. The van der Waals surface area contributed by atoms with Gasteiger partial charge in [0.15, 0.2) is 5.11 Å². The number of nitrogens with one attached hydrogen (secondary N) is 1. The van der Waals surface area contributed by atoms with Crippen LogP contribution in [-0.2, 0) is 15.8 Å². The van der Waals surface area contributed by atoms with Gasteiger partial charge in [-0.3, -0.25) is 19.8 Å². The Bertz CT molecular complexity index is 1050. The molecule has 0 radical (unpaired) electrons. The number of rotatable bonds is 3. The van der Waals surface area contributed by atoms with Crippen LogP contribution < -0.4 is 15.0 Å². The highest BCUT2D eigenvalue weighted by Crippen LogP contribution is 2.33. The van der Waals surface area contributed by atoms with Crippen molar-refractivity contribution in [2.24, 2.45) is 0 Å². The Morgan fingerprint density at radius 2 is 1.90 bits per heavy atom. The maximum absolute atomic E-state index is 13.0. The van der Waals surface area contributed by atoms with Crippen LogP contribution in [0.5, 0.6) is 5.75 Å². The van der Waals surface area contributed by atoms with E-state index in [1.54, 1.807) is 18.2 Å². The van der Waals surface area contributed by atoms with E-state index >= 15 is 0 Å². The maximum Gasteiger partial charge on any atom is 0.416 e. The van der Waals surface area contributed by atoms with Gasteiger partial charge >= 0.3 is 6.18 Å². The van der Waals surface area contributed by atoms with Gasteiger partial charge in [0.2, 0.25) is 0 Å². The lowest BCUT2D eigenvalue weighted by molar-refractivity contribution is -0.137. The van der Waals surface area contributed by atoms with Crippen molar-refractivity contribution in [3.05, 3.63) is 63.6 Å². The highest BCUT2D eigenvalue weighted by Gasteiger charge is 2.36. The van der Waals surface area contributed by atoms with Gasteiger partial charge in [-0.15, -0.1) is 0 Å². The number of halogens is 4. The molecule has 1 aliphatic heterocycles. The van der Waals surface area contributed by atoms with Gasteiger partial charge in [0.05, 0.1) is 22.8 Å². The lowest BCUT2D eigenvalue weighted by Gasteiger charge is -2.29. The largest absolute Gasteiger partial charge is 0.496 e. The molecule has 0 aromatic heterocycles. The van der Waals surface area contributed by atoms with Gasteiger partial charge in [0.1, 0.15) is 11.3 Å². The van der Waals surface area contributed by atoms with Gasteiger partial charge in [-0.1, -0.05) is 12.1 Å². The maximum atomic E-state index is 13.0. The van der Waals surface area contributed by atoms with Crippen molar-refractivity contribution in [2.75, 3.05) is 12.0 Å². The zero-order chi connectivity index (χ0) is 21.3. The van der Waals surface area contributed by atoms with Crippen molar-refractivity contribution in [3.63, 3.8) is 0 Å². The Kier molecular flexibility index (Phi) is 5.76. The van der Waals surface area contributed by atoms with E-state index < -0.39 is 23.6 Å². The minimum atomic E-state index is -4.59. The number of amides is 2. The average molecular weight is 485 g/mol. The van der Waals surface area contributed by atoms with E-state index in [0.717, 1.165) is 23.1 Å². The molecule has 0 bridgehead atoms. The van der Waals surface area contributed by atoms with Crippen LogP contribution in [-0.4, -0.2) is 24.0 Å². The first-order chi connectivity index (χ1) is 13.6. The number of alkyl halides is 3. The number of carbonyl (C=O) groups excluding carboxylic acids is 2. The molecule has 0 unspecified atom stereocenters. The van der Waals surface area contributed by atoms with Gasteiger partial charge in [0, 0.05) is 0 Å². The number of benzene rings is 2. The summed E-state index contributed by atoms with van der Waals surface area (Å²) in [6, 6.07) is 9.03. The molecule has 0 aliphatic carbocycles. The molecule has 0 atom stereocenters. The quantitative estimate of drug-likeness (QED) is 0.400. The van der Waals surface area contributed by atoms with Crippen molar-refractivity contribution in [3.8, 4) is 5.75 Å². The first-order valence-electron chi connectivity index (χ1n) is 8.04. The number of hydrogen-bond acceptors (Lipinski definition) is 4. The fourth-order valence-electron chi connectivity index (χ4n) is 2.65. The predicted molar refractivity (Wildman–Crippen MR) is 108 cm³/mol. The Morgan fingerprint density at radius 3 is 2.52 bits per heavy atom. The van der Waals surface area contributed by atoms with Crippen molar-refractivity contribution in [2.45, 2.75) is 6.18 Å². The van der Waals surface area contributed by atoms with Gasteiger partial charge < -0.3 is 4.74 Å². The Balaban J connectivity index is 2.02. The Labute approximate surface area is 177 Å². The number of hydrogen-bond donors (Lipinski definition) is 1. The first-order valence-corrected chi connectivity index (χ1v) is 9.24. The van der Waals surface area contributed by atoms with Crippen molar-refractivity contribution >= 4 is 56.8 Å². The summed E-state index contributed by atoms with van der Waals surface area (Å²) in [5.41, 5.74) is -0.801.